The van der Waals surface area contributed by atoms with Crippen LogP contribution >= 0.6 is 11.6 Å². The van der Waals surface area contributed by atoms with Crippen molar-refractivity contribution in [3.63, 3.8) is 0 Å². The number of nitrogens with one attached hydrogen (secondary N) is 1. The Morgan fingerprint density at radius 1 is 1.45 bits per heavy atom. The van der Waals surface area contributed by atoms with Gasteiger partial charge in [-0.05, 0) is 36.8 Å². The zero-order valence-electron chi connectivity index (χ0n) is 11.4. The van der Waals surface area contributed by atoms with Gasteiger partial charge in [0.25, 0.3) is 0 Å². The largest absolute Gasteiger partial charge is 0.467 e. The second-order valence-electron chi connectivity index (χ2n) is 4.30. The van der Waals surface area contributed by atoms with Gasteiger partial charge in [0.05, 0.1) is 30.7 Å². The fourth-order valence-electron chi connectivity index (χ4n) is 1.98. The first-order chi connectivity index (χ1) is 9.65. The standard InChI is InChI=1S/C15H16ClNO3/c1-3-12(14-5-4-8-20-14)17-13-9-10(16)6-7-11(13)15(18)19-2/h4-9,12,17H,3H2,1-2H3. The normalized spacial score (nSPS) is 11.9. The fraction of sp³-hybridized carbons (Fsp3) is 0.267. The average molecular weight is 294 g/mol. The van der Waals surface area contributed by atoms with Crippen LogP contribution in [-0.2, 0) is 4.74 Å². The molecule has 0 saturated carbocycles. The Bertz CT molecular complexity index is 581. The first-order valence-corrected chi connectivity index (χ1v) is 6.71. The van der Waals surface area contributed by atoms with E-state index in [1.165, 1.54) is 7.11 Å². The van der Waals surface area contributed by atoms with Crippen LogP contribution in [0.25, 0.3) is 0 Å². The lowest BCUT2D eigenvalue weighted by molar-refractivity contribution is 0.0601. The zero-order valence-corrected chi connectivity index (χ0v) is 12.1. The molecule has 0 radical (unpaired) electrons. The lowest BCUT2D eigenvalue weighted by Gasteiger charge is -2.18. The summed E-state index contributed by atoms with van der Waals surface area (Å²) in [6.45, 7) is 2.03. The van der Waals surface area contributed by atoms with E-state index in [2.05, 4.69) is 5.32 Å². The van der Waals surface area contributed by atoms with Gasteiger partial charge in [0.2, 0.25) is 0 Å². The van der Waals surface area contributed by atoms with Crippen LogP contribution in [0.4, 0.5) is 5.69 Å². The van der Waals surface area contributed by atoms with Crippen molar-refractivity contribution in [1.82, 2.24) is 0 Å². The lowest BCUT2D eigenvalue weighted by Crippen LogP contribution is -2.13. The molecule has 1 atom stereocenters. The van der Waals surface area contributed by atoms with Crippen molar-refractivity contribution >= 4 is 23.3 Å². The van der Waals surface area contributed by atoms with Crippen LogP contribution in [0.3, 0.4) is 0 Å². The van der Waals surface area contributed by atoms with Crippen molar-refractivity contribution in [1.29, 1.82) is 0 Å². The minimum absolute atomic E-state index is 0.0353. The van der Waals surface area contributed by atoms with E-state index in [0.717, 1.165) is 12.2 Å². The van der Waals surface area contributed by atoms with Gasteiger partial charge in [0, 0.05) is 5.02 Å². The van der Waals surface area contributed by atoms with Gasteiger partial charge in [-0.3, -0.25) is 0 Å². The molecular formula is C15H16ClNO3. The summed E-state index contributed by atoms with van der Waals surface area (Å²) in [5.41, 5.74) is 1.08. The van der Waals surface area contributed by atoms with E-state index in [4.69, 9.17) is 20.8 Å². The summed E-state index contributed by atoms with van der Waals surface area (Å²) in [4.78, 5) is 11.8. The van der Waals surface area contributed by atoms with Crippen molar-refractivity contribution < 1.29 is 13.9 Å². The van der Waals surface area contributed by atoms with Gasteiger partial charge in [0.15, 0.2) is 0 Å². The molecule has 1 N–H and O–H groups in total. The Kier molecular flexibility index (Phi) is 4.69. The molecule has 4 nitrogen and oxygen atoms in total. The van der Waals surface area contributed by atoms with E-state index in [1.807, 2.05) is 19.1 Å². The van der Waals surface area contributed by atoms with E-state index in [9.17, 15) is 4.79 Å². The smallest absolute Gasteiger partial charge is 0.339 e. The fourth-order valence-corrected chi connectivity index (χ4v) is 2.15. The van der Waals surface area contributed by atoms with Crippen LogP contribution in [0, 0.1) is 0 Å². The molecule has 2 aromatic rings. The summed E-state index contributed by atoms with van der Waals surface area (Å²) >= 11 is 6.00. The summed E-state index contributed by atoms with van der Waals surface area (Å²) in [7, 11) is 1.35. The minimum atomic E-state index is -0.404. The molecule has 0 bridgehead atoms. The highest BCUT2D eigenvalue weighted by atomic mass is 35.5. The van der Waals surface area contributed by atoms with Gasteiger partial charge < -0.3 is 14.5 Å². The number of benzene rings is 1. The average Bonchev–Trinajstić information content (AvgIpc) is 2.98. The highest BCUT2D eigenvalue weighted by Gasteiger charge is 2.17. The number of halogens is 1. The molecular weight excluding hydrogens is 278 g/mol. The van der Waals surface area contributed by atoms with Crippen LogP contribution in [0.5, 0.6) is 0 Å². The molecule has 0 saturated heterocycles. The first-order valence-electron chi connectivity index (χ1n) is 6.33. The Hall–Kier alpha value is -1.94. The SMILES string of the molecule is CCC(Nc1cc(Cl)ccc1C(=O)OC)c1ccco1. The zero-order chi connectivity index (χ0) is 14.5. The summed E-state index contributed by atoms with van der Waals surface area (Å²) < 4.78 is 10.2. The van der Waals surface area contributed by atoms with Gasteiger partial charge in [-0.15, -0.1) is 0 Å². The molecule has 0 aliphatic rings. The number of carbonyl (C=O) groups is 1. The Balaban J connectivity index is 2.31. The molecule has 1 heterocycles. The maximum absolute atomic E-state index is 11.8. The second-order valence-corrected chi connectivity index (χ2v) is 4.74. The van der Waals surface area contributed by atoms with Crippen LogP contribution in [0.15, 0.2) is 41.0 Å². The van der Waals surface area contributed by atoms with E-state index >= 15 is 0 Å². The van der Waals surface area contributed by atoms with Gasteiger partial charge >= 0.3 is 5.97 Å². The number of methoxy groups -OCH3 is 1. The quantitative estimate of drug-likeness (QED) is 0.836. The van der Waals surface area contributed by atoms with Gasteiger partial charge in [-0.25, -0.2) is 4.79 Å². The van der Waals surface area contributed by atoms with Gasteiger partial charge in [-0.2, -0.15) is 0 Å². The molecule has 0 spiro atoms. The molecule has 2 rings (SSSR count). The number of hydrogen-bond donors (Lipinski definition) is 1. The number of furan rings is 1. The number of rotatable bonds is 5. The predicted octanol–water partition coefficient (Wildman–Crippen LogP) is 4.28. The molecule has 5 heteroatoms. The van der Waals surface area contributed by atoms with Crippen molar-refractivity contribution in [2.24, 2.45) is 0 Å². The van der Waals surface area contributed by atoms with Crippen molar-refractivity contribution in [3.05, 3.63) is 52.9 Å². The molecule has 1 aromatic carbocycles. The number of hydrogen-bond acceptors (Lipinski definition) is 4. The number of esters is 1. The third-order valence-corrected chi connectivity index (χ3v) is 3.25. The van der Waals surface area contributed by atoms with Crippen molar-refractivity contribution in [3.8, 4) is 0 Å². The monoisotopic (exact) mass is 293 g/mol. The molecule has 1 unspecified atom stereocenters. The maximum Gasteiger partial charge on any atom is 0.339 e. The van der Waals surface area contributed by atoms with E-state index < -0.39 is 5.97 Å². The highest BCUT2D eigenvalue weighted by Crippen LogP contribution is 2.28. The molecule has 1 aromatic heterocycles. The van der Waals surface area contributed by atoms with Crippen LogP contribution in [0.1, 0.15) is 35.5 Å². The maximum atomic E-state index is 11.8. The molecule has 0 aliphatic heterocycles. The molecule has 0 fully saturated rings. The van der Waals surface area contributed by atoms with E-state index in [1.54, 1.807) is 24.5 Å². The molecule has 106 valence electrons. The first kappa shape index (κ1) is 14.5. The second kappa shape index (κ2) is 6.48. The number of anilines is 1. The predicted molar refractivity (Wildman–Crippen MR) is 78.2 cm³/mol. The topological polar surface area (TPSA) is 51.5 Å². The summed E-state index contributed by atoms with van der Waals surface area (Å²) in [5.74, 6) is 0.404. The molecule has 0 aliphatic carbocycles. The van der Waals surface area contributed by atoms with Gasteiger partial charge in [-0.1, -0.05) is 18.5 Å². The minimum Gasteiger partial charge on any atom is -0.467 e. The summed E-state index contributed by atoms with van der Waals surface area (Å²) in [5, 5.41) is 3.83. The number of ether oxygens (including phenoxy) is 1. The van der Waals surface area contributed by atoms with Crippen LogP contribution in [0.2, 0.25) is 5.02 Å². The van der Waals surface area contributed by atoms with Crippen molar-refractivity contribution in [2.45, 2.75) is 19.4 Å². The molecule has 0 amide bonds. The Morgan fingerprint density at radius 2 is 2.25 bits per heavy atom. The highest BCUT2D eigenvalue weighted by molar-refractivity contribution is 6.31. The number of carbonyl (C=O) groups excluding carboxylic acids is 1. The Labute approximate surface area is 122 Å². The van der Waals surface area contributed by atoms with Crippen molar-refractivity contribution in [2.75, 3.05) is 12.4 Å². The van der Waals surface area contributed by atoms with E-state index in [-0.39, 0.29) is 6.04 Å². The van der Waals surface area contributed by atoms with Gasteiger partial charge in [0.1, 0.15) is 5.76 Å². The molecule has 20 heavy (non-hydrogen) atoms. The van der Waals surface area contributed by atoms with Crippen LogP contribution < -0.4 is 5.32 Å². The van der Waals surface area contributed by atoms with E-state index in [0.29, 0.717) is 16.3 Å². The van der Waals surface area contributed by atoms with Crippen LogP contribution in [-0.4, -0.2) is 13.1 Å². The summed E-state index contributed by atoms with van der Waals surface area (Å²) in [6, 6.07) is 8.70. The third kappa shape index (κ3) is 3.14. The third-order valence-electron chi connectivity index (χ3n) is 3.01. The lowest BCUT2D eigenvalue weighted by atomic mass is 10.1. The Morgan fingerprint density at radius 3 is 2.85 bits per heavy atom. The summed E-state index contributed by atoms with van der Waals surface area (Å²) in [6.07, 6.45) is 2.43.